The molecule has 0 atom stereocenters. The molecule has 4 rings (SSSR count). The van der Waals surface area contributed by atoms with Gasteiger partial charge in [0, 0.05) is 27.9 Å². The third-order valence-electron chi connectivity index (χ3n) is 4.20. The van der Waals surface area contributed by atoms with Crippen LogP contribution < -0.4 is 5.56 Å². The SMILES string of the molecule is CC(=O)c1cnc2c(c1)c1csnc1c(=O)n2-c1ccc(C(F)(F)F)cc1. The maximum absolute atomic E-state index is 12.9. The van der Waals surface area contributed by atoms with E-state index in [1.54, 1.807) is 11.4 Å². The van der Waals surface area contributed by atoms with Crippen LogP contribution in [0.2, 0.25) is 0 Å². The van der Waals surface area contributed by atoms with Crippen LogP contribution in [0, 0.1) is 0 Å². The molecule has 3 aromatic heterocycles. The highest BCUT2D eigenvalue weighted by molar-refractivity contribution is 7.04. The lowest BCUT2D eigenvalue weighted by Crippen LogP contribution is -2.20. The number of hydrogen-bond acceptors (Lipinski definition) is 5. The second kappa shape index (κ2) is 5.98. The summed E-state index contributed by atoms with van der Waals surface area (Å²) in [5, 5.41) is 2.77. The first-order valence-electron chi connectivity index (χ1n) is 7.75. The van der Waals surface area contributed by atoms with E-state index in [9.17, 15) is 22.8 Å². The van der Waals surface area contributed by atoms with Crippen LogP contribution in [0.25, 0.3) is 27.6 Å². The van der Waals surface area contributed by atoms with Crippen molar-refractivity contribution in [2.75, 3.05) is 0 Å². The minimum atomic E-state index is -4.47. The normalized spacial score (nSPS) is 12.0. The lowest BCUT2D eigenvalue weighted by Gasteiger charge is -2.12. The topological polar surface area (TPSA) is 64.8 Å². The molecule has 0 aliphatic heterocycles. The van der Waals surface area contributed by atoms with Crippen molar-refractivity contribution in [3.05, 3.63) is 63.4 Å². The first-order valence-corrected chi connectivity index (χ1v) is 8.58. The molecule has 0 N–H and O–H groups in total. The Kier molecular flexibility index (Phi) is 3.84. The highest BCUT2D eigenvalue weighted by atomic mass is 32.1. The van der Waals surface area contributed by atoms with Crippen molar-refractivity contribution >= 4 is 39.3 Å². The van der Waals surface area contributed by atoms with E-state index in [1.807, 2.05) is 0 Å². The number of halogens is 3. The Bertz CT molecular complexity index is 1260. The largest absolute Gasteiger partial charge is 0.416 e. The number of nitrogens with zero attached hydrogens (tertiary/aromatic N) is 3. The van der Waals surface area contributed by atoms with Crippen LogP contribution in [-0.4, -0.2) is 19.7 Å². The zero-order chi connectivity index (χ0) is 19.3. The van der Waals surface area contributed by atoms with E-state index in [0.29, 0.717) is 16.3 Å². The molecule has 0 fully saturated rings. The zero-order valence-corrected chi connectivity index (χ0v) is 14.6. The molecule has 9 heteroatoms. The van der Waals surface area contributed by atoms with E-state index in [0.717, 1.165) is 23.7 Å². The number of benzene rings is 1. The van der Waals surface area contributed by atoms with Gasteiger partial charge in [0.25, 0.3) is 5.56 Å². The average Bonchev–Trinajstić information content (AvgIpc) is 3.11. The van der Waals surface area contributed by atoms with Crippen molar-refractivity contribution < 1.29 is 18.0 Å². The summed E-state index contributed by atoms with van der Waals surface area (Å²) in [5.41, 5.74) is -0.275. The molecule has 4 aromatic rings. The molecule has 0 unspecified atom stereocenters. The molecule has 0 saturated heterocycles. The highest BCUT2D eigenvalue weighted by Crippen LogP contribution is 2.30. The summed E-state index contributed by atoms with van der Waals surface area (Å²) in [6.07, 6.45) is -3.13. The van der Waals surface area contributed by atoms with E-state index >= 15 is 0 Å². The summed E-state index contributed by atoms with van der Waals surface area (Å²) in [5.74, 6) is -0.187. The molecule has 1 aromatic carbocycles. The predicted molar refractivity (Wildman–Crippen MR) is 95.5 cm³/mol. The van der Waals surface area contributed by atoms with Crippen LogP contribution in [0.5, 0.6) is 0 Å². The van der Waals surface area contributed by atoms with Crippen LogP contribution >= 0.6 is 11.5 Å². The van der Waals surface area contributed by atoms with E-state index in [2.05, 4.69) is 9.36 Å². The molecular weight excluding hydrogens is 379 g/mol. The Morgan fingerprint density at radius 2 is 1.85 bits per heavy atom. The van der Waals surface area contributed by atoms with E-state index in [1.165, 1.54) is 29.8 Å². The van der Waals surface area contributed by atoms with Gasteiger partial charge in [-0.1, -0.05) is 0 Å². The summed E-state index contributed by atoms with van der Waals surface area (Å²) in [7, 11) is 0. The minimum Gasteiger partial charge on any atom is -0.294 e. The van der Waals surface area contributed by atoms with Gasteiger partial charge in [0.2, 0.25) is 0 Å². The number of carbonyl (C=O) groups excluding carboxylic acids is 1. The van der Waals surface area contributed by atoms with E-state index in [4.69, 9.17) is 0 Å². The Labute approximate surface area is 153 Å². The van der Waals surface area contributed by atoms with Gasteiger partial charge in [0.15, 0.2) is 11.3 Å². The van der Waals surface area contributed by atoms with Gasteiger partial charge in [-0.15, -0.1) is 0 Å². The van der Waals surface area contributed by atoms with Crippen LogP contribution in [0.4, 0.5) is 13.2 Å². The van der Waals surface area contributed by atoms with Gasteiger partial charge in [0.1, 0.15) is 5.65 Å². The molecule has 0 aliphatic carbocycles. The molecule has 0 saturated carbocycles. The summed E-state index contributed by atoms with van der Waals surface area (Å²) >= 11 is 1.08. The first kappa shape index (κ1) is 17.3. The molecule has 0 bridgehead atoms. The Hall–Kier alpha value is -3.07. The van der Waals surface area contributed by atoms with Crippen LogP contribution in [0.3, 0.4) is 0 Å². The van der Waals surface area contributed by atoms with Crippen LogP contribution in [0.1, 0.15) is 22.8 Å². The molecule has 27 heavy (non-hydrogen) atoms. The molecule has 0 amide bonds. The molecule has 0 aliphatic rings. The molecule has 0 spiro atoms. The Morgan fingerprint density at radius 3 is 2.48 bits per heavy atom. The van der Waals surface area contributed by atoms with Crippen molar-refractivity contribution in [1.82, 2.24) is 13.9 Å². The predicted octanol–water partition coefficient (Wildman–Crippen LogP) is 4.22. The maximum Gasteiger partial charge on any atom is 0.416 e. The van der Waals surface area contributed by atoms with E-state index in [-0.39, 0.29) is 22.6 Å². The first-order chi connectivity index (χ1) is 12.8. The van der Waals surface area contributed by atoms with Gasteiger partial charge in [-0.2, -0.15) is 17.5 Å². The number of pyridine rings is 2. The van der Waals surface area contributed by atoms with Gasteiger partial charge in [-0.05, 0) is 48.8 Å². The fraction of sp³-hybridized carbons (Fsp3) is 0.111. The summed E-state index contributed by atoms with van der Waals surface area (Å²) in [4.78, 5) is 28.8. The second-order valence-corrected chi connectivity index (χ2v) is 6.54. The number of ketones is 1. The van der Waals surface area contributed by atoms with Crippen LogP contribution in [0.15, 0.2) is 46.7 Å². The van der Waals surface area contributed by atoms with Crippen molar-refractivity contribution in [2.45, 2.75) is 13.1 Å². The number of Topliss-reactive ketones (excluding diaryl/α,β-unsaturated/α-hetero) is 1. The quantitative estimate of drug-likeness (QED) is 0.482. The number of hydrogen-bond donors (Lipinski definition) is 0. The number of rotatable bonds is 2. The number of aromatic nitrogens is 3. The van der Waals surface area contributed by atoms with Gasteiger partial charge in [-0.3, -0.25) is 14.2 Å². The Morgan fingerprint density at radius 1 is 1.15 bits per heavy atom. The monoisotopic (exact) mass is 389 g/mol. The number of alkyl halides is 3. The van der Waals surface area contributed by atoms with Crippen molar-refractivity contribution in [3.8, 4) is 5.69 Å². The maximum atomic E-state index is 12.9. The molecule has 136 valence electrons. The lowest BCUT2D eigenvalue weighted by molar-refractivity contribution is -0.137. The molecule has 0 radical (unpaired) electrons. The Balaban J connectivity index is 2.06. The lowest BCUT2D eigenvalue weighted by atomic mass is 10.1. The highest BCUT2D eigenvalue weighted by Gasteiger charge is 2.30. The average molecular weight is 389 g/mol. The summed E-state index contributed by atoms with van der Waals surface area (Å²) in [6.45, 7) is 1.40. The molecule has 3 heterocycles. The van der Waals surface area contributed by atoms with E-state index < -0.39 is 17.3 Å². The number of carbonyl (C=O) groups is 1. The van der Waals surface area contributed by atoms with Crippen molar-refractivity contribution in [3.63, 3.8) is 0 Å². The van der Waals surface area contributed by atoms with Gasteiger partial charge in [0.05, 0.1) is 11.3 Å². The fourth-order valence-electron chi connectivity index (χ4n) is 2.85. The van der Waals surface area contributed by atoms with Gasteiger partial charge in [-0.25, -0.2) is 4.98 Å². The summed E-state index contributed by atoms with van der Waals surface area (Å²) < 4.78 is 43.8. The third kappa shape index (κ3) is 2.80. The molecular formula is C18H10F3N3O2S. The smallest absolute Gasteiger partial charge is 0.294 e. The minimum absolute atomic E-state index is 0.176. The standard InChI is InChI=1S/C18H10F3N3O2S/c1-9(25)10-6-13-14-8-27-23-15(14)17(26)24(16(13)22-7-10)12-4-2-11(3-5-12)18(19,20)21/h2-8H,1H3. The van der Waals surface area contributed by atoms with Crippen LogP contribution in [-0.2, 0) is 6.18 Å². The zero-order valence-electron chi connectivity index (χ0n) is 13.7. The second-order valence-electron chi connectivity index (χ2n) is 5.91. The summed E-state index contributed by atoms with van der Waals surface area (Å²) in [6, 6.07) is 5.85. The van der Waals surface area contributed by atoms with Crippen molar-refractivity contribution in [2.24, 2.45) is 0 Å². The third-order valence-corrected chi connectivity index (χ3v) is 4.83. The van der Waals surface area contributed by atoms with Crippen molar-refractivity contribution in [1.29, 1.82) is 0 Å². The number of fused-ring (bicyclic) bond motifs is 3. The molecule has 5 nitrogen and oxygen atoms in total. The fourth-order valence-corrected chi connectivity index (χ4v) is 3.53. The van der Waals surface area contributed by atoms with Gasteiger partial charge < -0.3 is 0 Å². The van der Waals surface area contributed by atoms with Gasteiger partial charge >= 0.3 is 6.18 Å².